The van der Waals surface area contributed by atoms with Crippen LogP contribution in [0.2, 0.25) is 0 Å². The summed E-state index contributed by atoms with van der Waals surface area (Å²) in [4.78, 5) is -0.161. The molecule has 0 fully saturated rings. The molecule has 2 aromatic rings. The van der Waals surface area contributed by atoms with Gasteiger partial charge in [-0.3, -0.25) is 0 Å². The quantitative estimate of drug-likeness (QED) is 0.694. The van der Waals surface area contributed by atoms with Gasteiger partial charge in [-0.2, -0.15) is 0 Å². The van der Waals surface area contributed by atoms with Crippen LogP contribution in [-0.4, -0.2) is 41.8 Å². The van der Waals surface area contributed by atoms with Gasteiger partial charge in [0.1, 0.15) is 0 Å². The van der Waals surface area contributed by atoms with E-state index in [-0.39, 0.29) is 16.3 Å². The first-order valence-corrected chi connectivity index (χ1v) is 10.4. The molecule has 2 rings (SSSR count). The van der Waals surface area contributed by atoms with Crippen molar-refractivity contribution in [3.63, 3.8) is 0 Å². The molecule has 0 saturated carbocycles. The van der Waals surface area contributed by atoms with Gasteiger partial charge in [-0.1, -0.05) is 18.2 Å². The summed E-state index contributed by atoms with van der Waals surface area (Å²) in [6, 6.07) is 12.4. The third-order valence-corrected chi connectivity index (χ3v) is 6.85. The number of rotatable bonds is 7. The lowest BCUT2D eigenvalue weighted by Gasteiger charge is -2.13. The minimum absolute atomic E-state index is 0.0705. The van der Waals surface area contributed by atoms with Crippen LogP contribution in [0.4, 0.5) is 5.69 Å². The Bertz CT molecular complexity index is 938. The molecule has 0 atom stereocenters. The van der Waals surface area contributed by atoms with Gasteiger partial charge in [-0.05, 0) is 42.3 Å². The van der Waals surface area contributed by atoms with Gasteiger partial charge in [0.05, 0.1) is 9.79 Å². The molecular weight excluding hydrogens is 362 g/mol. The lowest BCUT2D eigenvalue weighted by Crippen LogP contribution is -2.27. The second-order valence-corrected chi connectivity index (χ2v) is 9.57. The number of benzene rings is 2. The highest BCUT2D eigenvalue weighted by Gasteiger charge is 2.21. The molecule has 0 saturated heterocycles. The Kier molecular flexibility index (Phi) is 5.83. The van der Waals surface area contributed by atoms with Crippen LogP contribution in [0.15, 0.2) is 58.3 Å². The lowest BCUT2D eigenvalue weighted by atomic mass is 10.1. The molecule has 0 bridgehead atoms. The third-order valence-electron chi connectivity index (χ3n) is 3.58. The first kappa shape index (κ1) is 19.4. The van der Waals surface area contributed by atoms with Gasteiger partial charge in [0.15, 0.2) is 0 Å². The van der Waals surface area contributed by atoms with Crippen LogP contribution in [0.25, 0.3) is 0 Å². The van der Waals surface area contributed by atoms with Crippen molar-refractivity contribution < 1.29 is 16.8 Å². The summed E-state index contributed by atoms with van der Waals surface area (Å²) in [6.07, 6.45) is 0.495. The molecular formula is C16H21N3O4S2. The van der Waals surface area contributed by atoms with E-state index in [4.69, 9.17) is 5.73 Å². The average Bonchev–Trinajstić information content (AvgIpc) is 2.56. The zero-order valence-corrected chi connectivity index (χ0v) is 15.6. The number of hydrogen-bond acceptors (Lipinski definition) is 5. The molecule has 0 heterocycles. The summed E-state index contributed by atoms with van der Waals surface area (Å²) in [5.74, 6) is 0. The Labute approximate surface area is 148 Å². The first-order valence-electron chi connectivity index (χ1n) is 7.49. The van der Waals surface area contributed by atoms with Crippen molar-refractivity contribution in [2.75, 3.05) is 26.4 Å². The molecule has 3 N–H and O–H groups in total. The molecule has 2 aromatic carbocycles. The highest BCUT2D eigenvalue weighted by Crippen LogP contribution is 2.18. The molecule has 0 aliphatic heterocycles. The zero-order valence-electron chi connectivity index (χ0n) is 14.0. The van der Waals surface area contributed by atoms with Crippen molar-refractivity contribution in [2.45, 2.75) is 16.2 Å². The molecule has 0 unspecified atom stereocenters. The molecule has 0 radical (unpaired) electrons. The van der Waals surface area contributed by atoms with Crippen LogP contribution in [0.1, 0.15) is 5.56 Å². The van der Waals surface area contributed by atoms with Crippen LogP contribution >= 0.6 is 0 Å². The van der Waals surface area contributed by atoms with Gasteiger partial charge >= 0.3 is 0 Å². The van der Waals surface area contributed by atoms with Crippen molar-refractivity contribution >= 4 is 25.7 Å². The minimum atomic E-state index is -3.80. The number of anilines is 1. The predicted octanol–water partition coefficient (Wildman–Crippen LogP) is 1.04. The van der Waals surface area contributed by atoms with Gasteiger partial charge in [0.2, 0.25) is 20.0 Å². The van der Waals surface area contributed by atoms with Gasteiger partial charge in [0, 0.05) is 26.3 Å². The maximum Gasteiger partial charge on any atom is 0.242 e. The van der Waals surface area contributed by atoms with E-state index < -0.39 is 20.0 Å². The fraction of sp³-hybridized carbons (Fsp3) is 0.250. The maximum absolute atomic E-state index is 12.4. The van der Waals surface area contributed by atoms with E-state index in [1.165, 1.54) is 32.3 Å². The SMILES string of the molecule is CN(C)S(=O)(=O)c1cccc(S(=O)(=O)NCCc2ccc(N)cc2)c1. The summed E-state index contributed by atoms with van der Waals surface area (Å²) in [7, 11) is -4.72. The molecule has 0 aliphatic carbocycles. The molecule has 0 aliphatic rings. The summed E-state index contributed by atoms with van der Waals surface area (Å²) in [5, 5.41) is 0. The smallest absolute Gasteiger partial charge is 0.242 e. The van der Waals surface area contributed by atoms with Crippen molar-refractivity contribution in [2.24, 2.45) is 0 Å². The van der Waals surface area contributed by atoms with E-state index in [1.54, 1.807) is 12.1 Å². The van der Waals surface area contributed by atoms with Crippen LogP contribution < -0.4 is 10.5 Å². The summed E-state index contributed by atoms with van der Waals surface area (Å²) in [6.45, 7) is 0.191. The van der Waals surface area contributed by atoms with Gasteiger partial charge in [-0.25, -0.2) is 25.9 Å². The molecule has 0 amide bonds. The second kappa shape index (κ2) is 7.52. The minimum Gasteiger partial charge on any atom is -0.399 e. The molecule has 7 nitrogen and oxygen atoms in total. The molecule has 25 heavy (non-hydrogen) atoms. The molecule has 9 heteroatoms. The maximum atomic E-state index is 12.4. The van der Waals surface area contributed by atoms with E-state index in [0.29, 0.717) is 12.1 Å². The molecule has 0 aromatic heterocycles. The highest BCUT2D eigenvalue weighted by atomic mass is 32.2. The lowest BCUT2D eigenvalue weighted by molar-refractivity contribution is 0.520. The normalized spacial score (nSPS) is 12.4. The van der Waals surface area contributed by atoms with E-state index in [0.717, 1.165) is 15.9 Å². The van der Waals surface area contributed by atoms with Gasteiger partial charge in [-0.15, -0.1) is 0 Å². The van der Waals surface area contributed by atoms with Crippen LogP contribution in [0.5, 0.6) is 0 Å². The fourth-order valence-corrected chi connectivity index (χ4v) is 4.21. The number of nitrogens with one attached hydrogen (secondary N) is 1. The number of nitrogens with two attached hydrogens (primary N) is 1. The van der Waals surface area contributed by atoms with Crippen molar-refractivity contribution in [3.8, 4) is 0 Å². The Morgan fingerprint density at radius 1 is 0.960 bits per heavy atom. The number of hydrogen-bond donors (Lipinski definition) is 2. The Morgan fingerprint density at radius 3 is 2.16 bits per heavy atom. The first-order chi connectivity index (χ1) is 11.6. The second-order valence-electron chi connectivity index (χ2n) is 5.65. The Morgan fingerprint density at radius 2 is 1.56 bits per heavy atom. The topological polar surface area (TPSA) is 110 Å². The molecule has 136 valence electrons. The largest absolute Gasteiger partial charge is 0.399 e. The van der Waals surface area contributed by atoms with E-state index >= 15 is 0 Å². The van der Waals surface area contributed by atoms with Crippen molar-refractivity contribution in [3.05, 3.63) is 54.1 Å². The average molecular weight is 383 g/mol. The Balaban J connectivity index is 2.13. The number of nitrogen functional groups attached to an aromatic ring is 1. The third kappa shape index (κ3) is 4.79. The summed E-state index contributed by atoms with van der Waals surface area (Å²) >= 11 is 0. The van der Waals surface area contributed by atoms with Crippen molar-refractivity contribution in [1.29, 1.82) is 0 Å². The van der Waals surface area contributed by atoms with Crippen LogP contribution in [0.3, 0.4) is 0 Å². The standard InChI is InChI=1S/C16H21N3O4S2/c1-19(2)25(22,23)16-5-3-4-15(12-16)24(20,21)18-11-10-13-6-8-14(17)9-7-13/h3-9,12,18H,10-11,17H2,1-2H3. The molecule has 0 spiro atoms. The van der Waals surface area contributed by atoms with E-state index in [1.807, 2.05) is 12.1 Å². The monoisotopic (exact) mass is 383 g/mol. The number of nitrogens with zero attached hydrogens (tertiary/aromatic N) is 1. The van der Waals surface area contributed by atoms with Crippen LogP contribution in [0, 0.1) is 0 Å². The van der Waals surface area contributed by atoms with Gasteiger partial charge in [0.25, 0.3) is 0 Å². The fourth-order valence-electron chi connectivity index (χ4n) is 2.11. The highest BCUT2D eigenvalue weighted by molar-refractivity contribution is 7.90. The number of sulfonamides is 2. The van der Waals surface area contributed by atoms with E-state index in [2.05, 4.69) is 4.72 Å². The Hall–Kier alpha value is -1.94. The summed E-state index contributed by atoms with van der Waals surface area (Å²) < 4.78 is 52.6. The van der Waals surface area contributed by atoms with E-state index in [9.17, 15) is 16.8 Å². The van der Waals surface area contributed by atoms with Crippen LogP contribution in [-0.2, 0) is 26.5 Å². The van der Waals surface area contributed by atoms with Crippen molar-refractivity contribution in [1.82, 2.24) is 9.03 Å². The zero-order chi connectivity index (χ0) is 18.7. The summed E-state index contributed by atoms with van der Waals surface area (Å²) in [5.41, 5.74) is 7.19. The van der Waals surface area contributed by atoms with Gasteiger partial charge < -0.3 is 5.73 Å². The predicted molar refractivity (Wildman–Crippen MR) is 97.1 cm³/mol.